The van der Waals surface area contributed by atoms with Gasteiger partial charge in [-0.15, -0.1) is 11.8 Å². The van der Waals surface area contributed by atoms with Crippen molar-refractivity contribution in [2.24, 2.45) is 0 Å². The summed E-state index contributed by atoms with van der Waals surface area (Å²) in [6.45, 7) is 1.92. The van der Waals surface area contributed by atoms with E-state index in [1.165, 1.54) is 28.8 Å². The molecular formula is C17H14F3NOS. The summed E-state index contributed by atoms with van der Waals surface area (Å²) in [5.74, 6) is -0.00842. The van der Waals surface area contributed by atoms with Gasteiger partial charge >= 0.3 is 6.18 Å². The molecule has 1 fully saturated rings. The number of amides is 1. The van der Waals surface area contributed by atoms with E-state index in [9.17, 15) is 18.0 Å². The fourth-order valence-electron chi connectivity index (χ4n) is 2.61. The van der Waals surface area contributed by atoms with E-state index in [1.807, 2.05) is 19.1 Å². The summed E-state index contributed by atoms with van der Waals surface area (Å²) in [6.07, 6.45) is -4.44. The number of thioether (sulfide) groups is 1. The average molecular weight is 337 g/mol. The maximum atomic E-state index is 13.3. The normalized spacial score (nSPS) is 18.5. The quantitative estimate of drug-likeness (QED) is 0.785. The first-order valence-corrected chi connectivity index (χ1v) is 8.09. The Balaban J connectivity index is 2.05. The molecule has 2 aromatic rings. The van der Waals surface area contributed by atoms with E-state index in [-0.39, 0.29) is 17.2 Å². The zero-order valence-corrected chi connectivity index (χ0v) is 13.1. The molecule has 1 atom stereocenters. The fourth-order valence-corrected chi connectivity index (χ4v) is 3.82. The van der Waals surface area contributed by atoms with E-state index in [0.29, 0.717) is 5.69 Å². The number of rotatable bonds is 2. The second kappa shape index (κ2) is 5.92. The molecular weight excluding hydrogens is 323 g/mol. The second-order valence-electron chi connectivity index (χ2n) is 5.35. The number of halogens is 3. The molecule has 0 saturated carbocycles. The van der Waals surface area contributed by atoms with Gasteiger partial charge in [0.25, 0.3) is 0 Å². The third kappa shape index (κ3) is 3.08. The Kier molecular flexibility index (Phi) is 4.10. The largest absolute Gasteiger partial charge is 0.416 e. The minimum absolute atomic E-state index is 0.122. The molecule has 1 heterocycles. The van der Waals surface area contributed by atoms with Gasteiger partial charge in [0.05, 0.1) is 11.3 Å². The summed E-state index contributed by atoms with van der Waals surface area (Å²) in [4.78, 5) is 13.7. The summed E-state index contributed by atoms with van der Waals surface area (Å²) in [5.41, 5.74) is 1.08. The number of aryl methyl sites for hydroxylation is 1. The van der Waals surface area contributed by atoms with Crippen LogP contribution in [0.15, 0.2) is 48.5 Å². The second-order valence-corrected chi connectivity index (χ2v) is 6.42. The van der Waals surface area contributed by atoms with Crippen molar-refractivity contribution in [2.45, 2.75) is 18.5 Å². The topological polar surface area (TPSA) is 20.3 Å². The van der Waals surface area contributed by atoms with Crippen molar-refractivity contribution in [3.63, 3.8) is 0 Å². The van der Waals surface area contributed by atoms with Crippen molar-refractivity contribution in [1.29, 1.82) is 0 Å². The average Bonchev–Trinajstić information content (AvgIpc) is 2.89. The Morgan fingerprint density at radius 1 is 1.09 bits per heavy atom. The maximum Gasteiger partial charge on any atom is 0.416 e. The van der Waals surface area contributed by atoms with Crippen LogP contribution in [0.25, 0.3) is 0 Å². The van der Waals surface area contributed by atoms with Gasteiger partial charge in [-0.1, -0.05) is 35.9 Å². The summed E-state index contributed by atoms with van der Waals surface area (Å²) in [6, 6.07) is 12.7. The molecule has 6 heteroatoms. The van der Waals surface area contributed by atoms with Crippen molar-refractivity contribution in [2.75, 3.05) is 10.7 Å². The molecule has 0 radical (unpaired) electrons. The summed E-state index contributed by atoms with van der Waals surface area (Å²) < 4.78 is 39.8. The Labute approximate surface area is 136 Å². The number of hydrogen-bond donors (Lipinski definition) is 0. The lowest BCUT2D eigenvalue weighted by molar-refractivity contribution is -0.138. The fraction of sp³-hybridized carbons (Fsp3) is 0.235. The number of hydrogen-bond acceptors (Lipinski definition) is 2. The molecule has 0 bridgehead atoms. The first kappa shape index (κ1) is 15.9. The predicted octanol–water partition coefficient (Wildman–Crippen LogP) is 4.79. The molecule has 0 aliphatic carbocycles. The van der Waals surface area contributed by atoms with E-state index in [0.717, 1.165) is 11.6 Å². The molecule has 1 aliphatic rings. The molecule has 0 N–H and O–H groups in total. The molecule has 0 unspecified atom stereocenters. The van der Waals surface area contributed by atoms with Crippen LogP contribution < -0.4 is 4.90 Å². The number of carbonyl (C=O) groups is 1. The third-order valence-corrected chi connectivity index (χ3v) is 4.91. The van der Waals surface area contributed by atoms with E-state index in [2.05, 4.69) is 0 Å². The first-order valence-electron chi connectivity index (χ1n) is 7.04. The molecule has 2 aromatic carbocycles. The lowest BCUT2D eigenvalue weighted by Gasteiger charge is -2.26. The number of alkyl halides is 3. The number of anilines is 1. The van der Waals surface area contributed by atoms with Gasteiger partial charge in [-0.2, -0.15) is 13.2 Å². The van der Waals surface area contributed by atoms with Gasteiger partial charge in [0, 0.05) is 5.69 Å². The van der Waals surface area contributed by atoms with Gasteiger partial charge in [-0.3, -0.25) is 9.69 Å². The predicted molar refractivity (Wildman–Crippen MR) is 85.3 cm³/mol. The smallest absolute Gasteiger partial charge is 0.295 e. The van der Waals surface area contributed by atoms with Crippen LogP contribution in [0.1, 0.15) is 22.1 Å². The molecule has 3 rings (SSSR count). The molecule has 0 spiro atoms. The van der Waals surface area contributed by atoms with Crippen LogP contribution >= 0.6 is 11.8 Å². The highest BCUT2D eigenvalue weighted by molar-refractivity contribution is 8.00. The van der Waals surface area contributed by atoms with Crippen molar-refractivity contribution in [3.05, 3.63) is 65.2 Å². The Morgan fingerprint density at radius 2 is 1.74 bits per heavy atom. The lowest BCUT2D eigenvalue weighted by Crippen LogP contribution is -2.29. The van der Waals surface area contributed by atoms with Gasteiger partial charge in [-0.25, -0.2) is 0 Å². The Morgan fingerprint density at radius 3 is 2.39 bits per heavy atom. The van der Waals surface area contributed by atoms with Crippen LogP contribution in [-0.2, 0) is 11.0 Å². The minimum atomic E-state index is -4.44. The third-order valence-electron chi connectivity index (χ3n) is 3.71. The van der Waals surface area contributed by atoms with Crippen LogP contribution in [0.2, 0.25) is 0 Å². The number of benzene rings is 2. The summed E-state index contributed by atoms with van der Waals surface area (Å²) in [7, 11) is 0. The Hall–Kier alpha value is -1.95. The first-order chi connectivity index (χ1) is 10.9. The van der Waals surface area contributed by atoms with Crippen molar-refractivity contribution < 1.29 is 18.0 Å². The monoisotopic (exact) mass is 337 g/mol. The molecule has 0 aromatic heterocycles. The van der Waals surface area contributed by atoms with Crippen LogP contribution in [0, 0.1) is 6.92 Å². The molecule has 120 valence electrons. The van der Waals surface area contributed by atoms with E-state index >= 15 is 0 Å². The van der Waals surface area contributed by atoms with Gasteiger partial charge in [0.15, 0.2) is 0 Å². The molecule has 2 nitrogen and oxygen atoms in total. The maximum absolute atomic E-state index is 13.3. The minimum Gasteiger partial charge on any atom is -0.295 e. The van der Waals surface area contributed by atoms with E-state index < -0.39 is 17.1 Å². The zero-order valence-electron chi connectivity index (χ0n) is 12.3. The van der Waals surface area contributed by atoms with Gasteiger partial charge in [-0.05, 0) is 30.7 Å². The van der Waals surface area contributed by atoms with Crippen LogP contribution in [-0.4, -0.2) is 11.7 Å². The zero-order chi connectivity index (χ0) is 16.6. The number of carbonyl (C=O) groups excluding carboxylic acids is 1. The van der Waals surface area contributed by atoms with Crippen LogP contribution in [0.5, 0.6) is 0 Å². The Bertz CT molecular complexity index is 727. The molecule has 1 saturated heterocycles. The highest BCUT2D eigenvalue weighted by Crippen LogP contribution is 2.45. The van der Waals surface area contributed by atoms with E-state index in [1.54, 1.807) is 18.2 Å². The molecule has 23 heavy (non-hydrogen) atoms. The number of nitrogens with zero attached hydrogens (tertiary/aromatic N) is 1. The van der Waals surface area contributed by atoms with Crippen LogP contribution in [0.4, 0.5) is 18.9 Å². The summed E-state index contributed by atoms with van der Waals surface area (Å²) in [5, 5.41) is -0.664. The van der Waals surface area contributed by atoms with Gasteiger partial charge in [0.1, 0.15) is 5.37 Å². The van der Waals surface area contributed by atoms with Gasteiger partial charge < -0.3 is 0 Å². The van der Waals surface area contributed by atoms with Crippen molar-refractivity contribution >= 4 is 23.4 Å². The molecule has 1 aliphatic heterocycles. The van der Waals surface area contributed by atoms with Crippen LogP contribution in [0.3, 0.4) is 0 Å². The SMILES string of the molecule is Cc1ccc(N2C(=O)CS[C@H]2c2ccccc2C(F)(F)F)cc1. The highest BCUT2D eigenvalue weighted by atomic mass is 32.2. The molecule has 1 amide bonds. The van der Waals surface area contributed by atoms with Crippen molar-refractivity contribution in [3.8, 4) is 0 Å². The standard InChI is InChI=1S/C17H14F3NOS/c1-11-6-8-12(9-7-11)21-15(22)10-23-16(21)13-4-2-3-5-14(13)17(18,19)20/h2-9,16H,10H2,1H3/t16-/m0/s1. The highest BCUT2D eigenvalue weighted by Gasteiger charge is 2.40. The van der Waals surface area contributed by atoms with Gasteiger partial charge in [0.2, 0.25) is 5.91 Å². The van der Waals surface area contributed by atoms with Crippen molar-refractivity contribution in [1.82, 2.24) is 0 Å². The van der Waals surface area contributed by atoms with E-state index in [4.69, 9.17) is 0 Å². The lowest BCUT2D eigenvalue weighted by atomic mass is 10.1. The summed E-state index contributed by atoms with van der Waals surface area (Å²) >= 11 is 1.22.